The minimum absolute atomic E-state index is 0.00777. The first-order valence-corrected chi connectivity index (χ1v) is 8.42. The summed E-state index contributed by atoms with van der Waals surface area (Å²) in [6, 6.07) is 14.8. The van der Waals surface area contributed by atoms with E-state index in [0.29, 0.717) is 24.6 Å². The average molecular weight is 339 g/mol. The van der Waals surface area contributed by atoms with Crippen molar-refractivity contribution in [3.05, 3.63) is 59.7 Å². The maximum absolute atomic E-state index is 12.0. The maximum Gasteiger partial charge on any atom is 0.319 e. The second kappa shape index (κ2) is 8.87. The molecule has 3 N–H and O–H groups in total. The SMILES string of the molecule is Cc1cccc(CNC(=O)Nc2ccc(NC(=O)CC(C)C)cc2)c1. The fourth-order valence-electron chi connectivity index (χ4n) is 2.40. The zero-order chi connectivity index (χ0) is 18.2. The number of hydrogen-bond acceptors (Lipinski definition) is 2. The maximum atomic E-state index is 12.0. The number of urea groups is 1. The molecule has 0 aliphatic heterocycles. The monoisotopic (exact) mass is 339 g/mol. The number of nitrogens with one attached hydrogen (secondary N) is 3. The molecule has 2 aromatic carbocycles. The van der Waals surface area contributed by atoms with Crippen LogP contribution in [0.3, 0.4) is 0 Å². The van der Waals surface area contributed by atoms with Gasteiger partial charge in [-0.1, -0.05) is 43.7 Å². The van der Waals surface area contributed by atoms with Crippen LogP contribution in [0.2, 0.25) is 0 Å². The lowest BCUT2D eigenvalue weighted by Gasteiger charge is -2.10. The Kier molecular flexibility index (Phi) is 6.57. The van der Waals surface area contributed by atoms with Crippen LogP contribution in [0.25, 0.3) is 0 Å². The Hall–Kier alpha value is -2.82. The van der Waals surface area contributed by atoms with Gasteiger partial charge < -0.3 is 16.0 Å². The first-order chi connectivity index (χ1) is 11.9. The Balaban J connectivity index is 1.82. The van der Waals surface area contributed by atoms with E-state index >= 15 is 0 Å². The molecular weight excluding hydrogens is 314 g/mol. The Morgan fingerprint density at radius 2 is 1.60 bits per heavy atom. The molecule has 2 aromatic rings. The lowest BCUT2D eigenvalue weighted by Crippen LogP contribution is -2.28. The summed E-state index contributed by atoms with van der Waals surface area (Å²) in [4.78, 5) is 23.7. The van der Waals surface area contributed by atoms with E-state index in [-0.39, 0.29) is 11.9 Å². The van der Waals surface area contributed by atoms with E-state index in [9.17, 15) is 9.59 Å². The third kappa shape index (κ3) is 6.67. The molecule has 0 aliphatic carbocycles. The highest BCUT2D eigenvalue weighted by Crippen LogP contribution is 2.14. The molecule has 0 aromatic heterocycles. The molecule has 3 amide bonds. The molecule has 0 aliphatic rings. The van der Waals surface area contributed by atoms with Gasteiger partial charge in [0.15, 0.2) is 0 Å². The van der Waals surface area contributed by atoms with Crippen molar-refractivity contribution in [2.75, 3.05) is 10.6 Å². The molecule has 132 valence electrons. The van der Waals surface area contributed by atoms with Gasteiger partial charge in [-0.25, -0.2) is 4.79 Å². The Morgan fingerprint density at radius 1 is 0.960 bits per heavy atom. The van der Waals surface area contributed by atoms with E-state index in [4.69, 9.17) is 0 Å². The summed E-state index contributed by atoms with van der Waals surface area (Å²) in [5, 5.41) is 8.44. The normalized spacial score (nSPS) is 10.4. The summed E-state index contributed by atoms with van der Waals surface area (Å²) in [6.07, 6.45) is 0.487. The van der Waals surface area contributed by atoms with Crippen LogP contribution < -0.4 is 16.0 Å². The highest BCUT2D eigenvalue weighted by molar-refractivity contribution is 5.92. The molecule has 0 atom stereocenters. The Morgan fingerprint density at radius 3 is 2.20 bits per heavy atom. The summed E-state index contributed by atoms with van der Waals surface area (Å²) in [5.74, 6) is 0.310. The smallest absolute Gasteiger partial charge is 0.319 e. The minimum atomic E-state index is -0.266. The number of carbonyl (C=O) groups excluding carboxylic acids is 2. The van der Waals surface area contributed by atoms with Gasteiger partial charge >= 0.3 is 6.03 Å². The van der Waals surface area contributed by atoms with Gasteiger partial charge in [-0.2, -0.15) is 0 Å². The van der Waals surface area contributed by atoms with Crippen molar-refractivity contribution in [3.63, 3.8) is 0 Å². The molecule has 25 heavy (non-hydrogen) atoms. The van der Waals surface area contributed by atoms with Crippen molar-refractivity contribution >= 4 is 23.3 Å². The van der Waals surface area contributed by atoms with Gasteiger partial charge in [0.25, 0.3) is 0 Å². The predicted octanol–water partition coefficient (Wildman–Crippen LogP) is 4.30. The first kappa shape index (κ1) is 18.5. The lowest BCUT2D eigenvalue weighted by molar-refractivity contribution is -0.116. The molecule has 0 saturated carbocycles. The van der Waals surface area contributed by atoms with Crippen molar-refractivity contribution in [2.45, 2.75) is 33.7 Å². The lowest BCUT2D eigenvalue weighted by atomic mass is 10.1. The minimum Gasteiger partial charge on any atom is -0.334 e. The van der Waals surface area contributed by atoms with Gasteiger partial charge in [-0.05, 0) is 42.7 Å². The molecule has 0 unspecified atom stereocenters. The van der Waals surface area contributed by atoms with Crippen LogP contribution in [0.15, 0.2) is 48.5 Å². The van der Waals surface area contributed by atoms with Gasteiger partial charge in [0.1, 0.15) is 0 Å². The molecule has 5 nitrogen and oxygen atoms in total. The first-order valence-electron chi connectivity index (χ1n) is 8.42. The Bertz CT molecular complexity index is 724. The van der Waals surface area contributed by atoms with Gasteiger partial charge in [-0.3, -0.25) is 4.79 Å². The van der Waals surface area contributed by atoms with Crippen molar-refractivity contribution in [1.29, 1.82) is 0 Å². The van der Waals surface area contributed by atoms with Gasteiger partial charge in [-0.15, -0.1) is 0 Å². The van der Waals surface area contributed by atoms with E-state index in [1.807, 2.05) is 45.0 Å². The molecule has 0 heterocycles. The molecule has 0 spiro atoms. The van der Waals surface area contributed by atoms with E-state index in [1.165, 1.54) is 0 Å². The fourth-order valence-corrected chi connectivity index (χ4v) is 2.40. The zero-order valence-electron chi connectivity index (χ0n) is 14.9. The van der Waals surface area contributed by atoms with Crippen LogP contribution in [0.4, 0.5) is 16.2 Å². The summed E-state index contributed by atoms with van der Waals surface area (Å²) in [7, 11) is 0. The van der Waals surface area contributed by atoms with Crippen LogP contribution in [-0.4, -0.2) is 11.9 Å². The zero-order valence-corrected chi connectivity index (χ0v) is 14.9. The number of aryl methyl sites for hydroxylation is 1. The van der Waals surface area contributed by atoms with E-state index < -0.39 is 0 Å². The predicted molar refractivity (Wildman–Crippen MR) is 102 cm³/mol. The highest BCUT2D eigenvalue weighted by Gasteiger charge is 2.06. The molecule has 0 saturated heterocycles. The van der Waals surface area contributed by atoms with Crippen LogP contribution in [0.1, 0.15) is 31.4 Å². The van der Waals surface area contributed by atoms with E-state index in [0.717, 1.165) is 16.8 Å². The molecule has 0 bridgehead atoms. The highest BCUT2D eigenvalue weighted by atomic mass is 16.2. The number of anilines is 2. The van der Waals surface area contributed by atoms with Gasteiger partial charge in [0.05, 0.1) is 0 Å². The van der Waals surface area contributed by atoms with Crippen molar-refractivity contribution < 1.29 is 9.59 Å². The molecular formula is C20H25N3O2. The van der Waals surface area contributed by atoms with Crippen LogP contribution in [-0.2, 0) is 11.3 Å². The largest absolute Gasteiger partial charge is 0.334 e. The second-order valence-electron chi connectivity index (χ2n) is 6.52. The number of carbonyl (C=O) groups is 2. The summed E-state index contributed by atoms with van der Waals surface area (Å²) in [6.45, 7) is 6.49. The second-order valence-corrected chi connectivity index (χ2v) is 6.52. The van der Waals surface area contributed by atoms with Crippen molar-refractivity contribution in [3.8, 4) is 0 Å². The summed E-state index contributed by atoms with van der Waals surface area (Å²) >= 11 is 0. The van der Waals surface area contributed by atoms with Crippen LogP contribution in [0, 0.1) is 12.8 Å². The topological polar surface area (TPSA) is 70.2 Å². The molecule has 5 heteroatoms. The standard InChI is InChI=1S/C20H25N3O2/c1-14(2)11-19(24)22-17-7-9-18(10-8-17)23-20(25)21-13-16-6-4-5-15(3)12-16/h4-10,12,14H,11,13H2,1-3H3,(H,22,24)(H2,21,23,25). The molecule has 0 radical (unpaired) electrons. The van der Waals surface area contributed by atoms with Crippen molar-refractivity contribution in [2.24, 2.45) is 5.92 Å². The summed E-state index contributed by atoms with van der Waals surface area (Å²) < 4.78 is 0. The molecule has 0 fully saturated rings. The number of benzene rings is 2. The Labute approximate surface area is 148 Å². The van der Waals surface area contributed by atoms with Crippen molar-refractivity contribution in [1.82, 2.24) is 5.32 Å². The van der Waals surface area contributed by atoms with Gasteiger partial charge in [0.2, 0.25) is 5.91 Å². The van der Waals surface area contributed by atoms with E-state index in [2.05, 4.69) is 16.0 Å². The van der Waals surface area contributed by atoms with Crippen LogP contribution in [0.5, 0.6) is 0 Å². The third-order valence-electron chi connectivity index (χ3n) is 3.56. The fraction of sp³-hybridized carbons (Fsp3) is 0.300. The van der Waals surface area contributed by atoms with E-state index in [1.54, 1.807) is 24.3 Å². The van der Waals surface area contributed by atoms with Crippen LogP contribution >= 0.6 is 0 Å². The van der Waals surface area contributed by atoms with Gasteiger partial charge in [0, 0.05) is 24.3 Å². The molecule has 2 rings (SSSR count). The number of hydrogen-bond donors (Lipinski definition) is 3. The third-order valence-corrected chi connectivity index (χ3v) is 3.56. The summed E-state index contributed by atoms with van der Waals surface area (Å²) in [5.41, 5.74) is 3.60. The average Bonchev–Trinajstić information content (AvgIpc) is 2.54. The quantitative estimate of drug-likeness (QED) is 0.734. The number of rotatable bonds is 6. The number of amides is 3.